The van der Waals surface area contributed by atoms with E-state index in [-0.39, 0.29) is 32.6 Å². The summed E-state index contributed by atoms with van der Waals surface area (Å²) in [6.45, 7) is 3.56. The SMILES string of the molecule is CCCCCCCCC/C=C\CCCCCCCC(=O)OC(COC(=O)CCCCCC)COP(=O)(O)OCCN. The fraction of sp³-hybridized carbons (Fsp3) is 0.871. The highest BCUT2D eigenvalue weighted by Crippen LogP contribution is 2.43. The Bertz CT molecular complexity index is 704. The van der Waals surface area contributed by atoms with E-state index in [4.69, 9.17) is 24.3 Å². The van der Waals surface area contributed by atoms with Gasteiger partial charge in [0.25, 0.3) is 0 Å². The molecule has 0 amide bonds. The number of carbonyl (C=O) groups is 2. The molecule has 0 saturated heterocycles. The van der Waals surface area contributed by atoms with Crippen LogP contribution in [0.25, 0.3) is 0 Å². The molecule has 41 heavy (non-hydrogen) atoms. The third-order valence-electron chi connectivity index (χ3n) is 6.65. The zero-order valence-electron chi connectivity index (χ0n) is 26.0. The van der Waals surface area contributed by atoms with Crippen molar-refractivity contribution in [3.8, 4) is 0 Å². The van der Waals surface area contributed by atoms with Gasteiger partial charge in [-0.2, -0.15) is 0 Å². The topological polar surface area (TPSA) is 134 Å². The van der Waals surface area contributed by atoms with Crippen LogP contribution in [0.15, 0.2) is 12.2 Å². The Morgan fingerprint density at radius 1 is 0.707 bits per heavy atom. The maximum absolute atomic E-state index is 12.4. The van der Waals surface area contributed by atoms with E-state index in [1.165, 1.54) is 51.4 Å². The normalized spacial score (nSPS) is 13.8. The average Bonchev–Trinajstić information content (AvgIpc) is 2.95. The summed E-state index contributed by atoms with van der Waals surface area (Å²) < 4.78 is 32.2. The van der Waals surface area contributed by atoms with E-state index < -0.39 is 32.5 Å². The number of esters is 2. The molecular weight excluding hydrogens is 545 g/mol. The van der Waals surface area contributed by atoms with Gasteiger partial charge in [0.2, 0.25) is 0 Å². The molecule has 0 aliphatic heterocycles. The summed E-state index contributed by atoms with van der Waals surface area (Å²) in [7, 11) is -4.35. The summed E-state index contributed by atoms with van der Waals surface area (Å²) in [4.78, 5) is 34.1. The van der Waals surface area contributed by atoms with Crippen LogP contribution in [0.1, 0.15) is 142 Å². The van der Waals surface area contributed by atoms with Crippen molar-refractivity contribution in [2.75, 3.05) is 26.4 Å². The number of unbranched alkanes of at least 4 members (excludes halogenated alkanes) is 15. The van der Waals surface area contributed by atoms with Gasteiger partial charge in [-0.05, 0) is 38.5 Å². The molecule has 242 valence electrons. The van der Waals surface area contributed by atoms with Crippen molar-refractivity contribution in [1.29, 1.82) is 0 Å². The maximum Gasteiger partial charge on any atom is 0.472 e. The van der Waals surface area contributed by atoms with Gasteiger partial charge in [-0.1, -0.05) is 103 Å². The highest BCUT2D eigenvalue weighted by Gasteiger charge is 2.25. The van der Waals surface area contributed by atoms with Crippen molar-refractivity contribution < 1.29 is 37.6 Å². The number of ether oxygens (including phenoxy) is 2. The first-order valence-electron chi connectivity index (χ1n) is 16.2. The van der Waals surface area contributed by atoms with E-state index >= 15 is 0 Å². The Kier molecular flexibility index (Phi) is 28.0. The van der Waals surface area contributed by atoms with Crippen LogP contribution in [-0.4, -0.2) is 49.3 Å². The van der Waals surface area contributed by atoms with Crippen LogP contribution in [0.4, 0.5) is 0 Å². The van der Waals surface area contributed by atoms with E-state index in [1.54, 1.807) is 0 Å². The average molecular weight is 606 g/mol. The first-order valence-corrected chi connectivity index (χ1v) is 17.7. The molecule has 0 spiro atoms. The first-order chi connectivity index (χ1) is 19.8. The quantitative estimate of drug-likeness (QED) is 0.0362. The highest BCUT2D eigenvalue weighted by atomic mass is 31.2. The Morgan fingerprint density at radius 3 is 1.76 bits per heavy atom. The van der Waals surface area contributed by atoms with E-state index in [1.807, 2.05) is 0 Å². The molecule has 2 atom stereocenters. The molecule has 10 heteroatoms. The number of hydrogen-bond acceptors (Lipinski definition) is 8. The van der Waals surface area contributed by atoms with E-state index in [0.717, 1.165) is 57.8 Å². The minimum absolute atomic E-state index is 0.0535. The number of allylic oxidation sites excluding steroid dienone is 2. The predicted octanol–water partition coefficient (Wildman–Crippen LogP) is 7.93. The number of nitrogens with two attached hydrogens (primary N) is 1. The second-order valence-electron chi connectivity index (χ2n) is 10.7. The summed E-state index contributed by atoms with van der Waals surface area (Å²) in [5, 5.41) is 0. The molecule has 0 aromatic rings. The van der Waals surface area contributed by atoms with Crippen LogP contribution >= 0.6 is 7.82 Å². The van der Waals surface area contributed by atoms with Gasteiger partial charge in [0.15, 0.2) is 6.10 Å². The van der Waals surface area contributed by atoms with Crippen molar-refractivity contribution in [2.45, 2.75) is 148 Å². The standard InChI is InChI=1S/C31H60NO8P/c1-3-5-7-9-10-11-12-13-14-15-16-17-18-19-20-22-24-31(34)40-29(28-39-41(35,36)38-26-25-32)27-37-30(33)23-21-8-6-4-2/h14-15,29H,3-13,16-28,32H2,1-2H3,(H,35,36)/b15-14-. The summed E-state index contributed by atoms with van der Waals surface area (Å²) >= 11 is 0. The summed E-state index contributed by atoms with van der Waals surface area (Å²) in [6.07, 6.45) is 24.5. The second kappa shape index (κ2) is 28.9. The molecule has 0 fully saturated rings. The number of phosphoric ester groups is 1. The molecule has 0 radical (unpaired) electrons. The van der Waals surface area contributed by atoms with Crippen LogP contribution in [-0.2, 0) is 32.7 Å². The highest BCUT2D eigenvalue weighted by molar-refractivity contribution is 7.47. The van der Waals surface area contributed by atoms with Gasteiger partial charge >= 0.3 is 19.8 Å². The Morgan fingerprint density at radius 2 is 1.20 bits per heavy atom. The lowest BCUT2D eigenvalue weighted by Crippen LogP contribution is -2.29. The van der Waals surface area contributed by atoms with Crippen LogP contribution in [0.3, 0.4) is 0 Å². The fourth-order valence-corrected chi connectivity index (χ4v) is 4.98. The van der Waals surface area contributed by atoms with E-state index in [0.29, 0.717) is 6.42 Å². The Labute approximate surface area is 249 Å². The zero-order chi connectivity index (χ0) is 30.4. The third kappa shape index (κ3) is 28.6. The molecule has 9 nitrogen and oxygen atoms in total. The van der Waals surface area contributed by atoms with Crippen LogP contribution in [0.2, 0.25) is 0 Å². The first kappa shape index (κ1) is 39.8. The smallest absolute Gasteiger partial charge is 0.462 e. The van der Waals surface area contributed by atoms with Crippen molar-refractivity contribution in [1.82, 2.24) is 0 Å². The predicted molar refractivity (Wildman–Crippen MR) is 164 cm³/mol. The third-order valence-corrected chi connectivity index (χ3v) is 7.64. The van der Waals surface area contributed by atoms with Crippen LogP contribution in [0.5, 0.6) is 0 Å². The Hall–Kier alpha value is -1.25. The maximum atomic E-state index is 12.4. The number of phosphoric acid groups is 1. The van der Waals surface area contributed by atoms with Crippen molar-refractivity contribution in [3.63, 3.8) is 0 Å². The van der Waals surface area contributed by atoms with Gasteiger partial charge in [-0.3, -0.25) is 18.6 Å². The lowest BCUT2D eigenvalue weighted by Gasteiger charge is -2.19. The molecule has 0 saturated carbocycles. The minimum atomic E-state index is -4.35. The van der Waals surface area contributed by atoms with Gasteiger partial charge in [-0.25, -0.2) is 4.57 Å². The van der Waals surface area contributed by atoms with Crippen molar-refractivity contribution in [3.05, 3.63) is 12.2 Å². The minimum Gasteiger partial charge on any atom is -0.462 e. The summed E-state index contributed by atoms with van der Waals surface area (Å²) in [6, 6.07) is 0. The molecule has 0 aromatic carbocycles. The molecule has 0 heterocycles. The molecule has 3 N–H and O–H groups in total. The molecular formula is C31H60NO8P. The van der Waals surface area contributed by atoms with Crippen LogP contribution < -0.4 is 5.73 Å². The summed E-state index contributed by atoms with van der Waals surface area (Å²) in [5.41, 5.74) is 5.29. The lowest BCUT2D eigenvalue weighted by atomic mass is 10.1. The van der Waals surface area contributed by atoms with Gasteiger partial charge in [0.1, 0.15) is 6.61 Å². The monoisotopic (exact) mass is 605 g/mol. The van der Waals surface area contributed by atoms with Crippen molar-refractivity contribution in [2.24, 2.45) is 5.73 Å². The molecule has 0 rings (SSSR count). The van der Waals surface area contributed by atoms with Crippen molar-refractivity contribution >= 4 is 19.8 Å². The van der Waals surface area contributed by atoms with E-state index in [2.05, 4.69) is 26.0 Å². The number of hydrogen-bond donors (Lipinski definition) is 2. The van der Waals surface area contributed by atoms with Gasteiger partial charge in [0.05, 0.1) is 13.2 Å². The van der Waals surface area contributed by atoms with Gasteiger partial charge in [-0.15, -0.1) is 0 Å². The molecule has 0 aliphatic rings. The van der Waals surface area contributed by atoms with Gasteiger partial charge in [0, 0.05) is 19.4 Å². The molecule has 2 unspecified atom stereocenters. The Balaban J connectivity index is 4.15. The van der Waals surface area contributed by atoms with Crippen LogP contribution in [0, 0.1) is 0 Å². The summed E-state index contributed by atoms with van der Waals surface area (Å²) in [5.74, 6) is -0.858. The second-order valence-corrected chi connectivity index (χ2v) is 12.1. The molecule has 0 bridgehead atoms. The zero-order valence-corrected chi connectivity index (χ0v) is 26.9. The number of rotatable bonds is 30. The molecule has 0 aliphatic carbocycles. The largest absolute Gasteiger partial charge is 0.472 e. The van der Waals surface area contributed by atoms with E-state index in [9.17, 15) is 19.0 Å². The fourth-order valence-electron chi connectivity index (χ4n) is 4.21. The molecule has 0 aromatic heterocycles. The number of carbonyl (C=O) groups excluding carboxylic acids is 2. The lowest BCUT2D eigenvalue weighted by molar-refractivity contribution is -0.161. The van der Waals surface area contributed by atoms with Gasteiger partial charge < -0.3 is 20.1 Å².